The van der Waals surface area contributed by atoms with Gasteiger partial charge in [-0.05, 0) is 43.8 Å². The highest BCUT2D eigenvalue weighted by Crippen LogP contribution is 2.17. The SMILES string of the molecule is Cc1[nH]c(=S)sc1CC(=O)NC(C)c1ccc(F)cc1. The number of hydrogen-bond acceptors (Lipinski definition) is 3. The van der Waals surface area contributed by atoms with E-state index in [4.69, 9.17) is 12.2 Å². The zero-order chi connectivity index (χ0) is 14.7. The molecule has 0 bridgehead atoms. The van der Waals surface area contributed by atoms with Crippen molar-refractivity contribution in [3.8, 4) is 0 Å². The summed E-state index contributed by atoms with van der Waals surface area (Å²) in [4.78, 5) is 16.0. The Balaban J connectivity index is 1.99. The van der Waals surface area contributed by atoms with Gasteiger partial charge >= 0.3 is 0 Å². The molecule has 6 heteroatoms. The number of benzene rings is 1. The van der Waals surface area contributed by atoms with Crippen LogP contribution in [0.15, 0.2) is 24.3 Å². The second-order valence-electron chi connectivity index (χ2n) is 4.58. The monoisotopic (exact) mass is 310 g/mol. The molecule has 0 spiro atoms. The molecule has 0 aliphatic carbocycles. The minimum absolute atomic E-state index is 0.0739. The molecule has 1 unspecified atom stereocenters. The number of nitrogens with one attached hydrogen (secondary N) is 2. The second kappa shape index (κ2) is 6.28. The number of thiazole rings is 1. The lowest BCUT2D eigenvalue weighted by molar-refractivity contribution is -0.121. The minimum Gasteiger partial charge on any atom is -0.349 e. The fourth-order valence-corrected chi connectivity index (χ4v) is 3.17. The number of rotatable bonds is 4. The molecule has 1 aromatic heterocycles. The number of aromatic nitrogens is 1. The molecular weight excluding hydrogens is 295 g/mol. The molecule has 0 fully saturated rings. The van der Waals surface area contributed by atoms with E-state index < -0.39 is 0 Å². The van der Waals surface area contributed by atoms with E-state index in [9.17, 15) is 9.18 Å². The Kier molecular flexibility index (Phi) is 4.67. The summed E-state index contributed by atoms with van der Waals surface area (Å²) in [6.45, 7) is 3.77. The van der Waals surface area contributed by atoms with Gasteiger partial charge in [-0.3, -0.25) is 4.79 Å². The van der Waals surface area contributed by atoms with Crippen LogP contribution in [-0.2, 0) is 11.2 Å². The number of aryl methyl sites for hydroxylation is 1. The summed E-state index contributed by atoms with van der Waals surface area (Å²) >= 11 is 6.46. The summed E-state index contributed by atoms with van der Waals surface area (Å²) in [5.74, 6) is -0.356. The largest absolute Gasteiger partial charge is 0.349 e. The molecule has 0 aliphatic rings. The van der Waals surface area contributed by atoms with Crippen molar-refractivity contribution in [2.24, 2.45) is 0 Å². The number of amides is 1. The number of aromatic amines is 1. The van der Waals surface area contributed by atoms with Crippen LogP contribution in [0.2, 0.25) is 0 Å². The zero-order valence-electron chi connectivity index (χ0n) is 11.2. The van der Waals surface area contributed by atoms with Gasteiger partial charge in [0.05, 0.1) is 12.5 Å². The van der Waals surface area contributed by atoms with Crippen molar-refractivity contribution < 1.29 is 9.18 Å². The molecule has 20 heavy (non-hydrogen) atoms. The standard InChI is InChI=1S/C14H15FN2OS2/c1-8(10-3-5-11(15)6-4-10)16-13(18)7-12-9(2)17-14(19)20-12/h3-6,8H,7H2,1-2H3,(H,16,18)(H,17,19). The van der Waals surface area contributed by atoms with Crippen LogP contribution in [0.5, 0.6) is 0 Å². The summed E-state index contributed by atoms with van der Waals surface area (Å²) < 4.78 is 13.5. The normalized spacial score (nSPS) is 12.2. The molecule has 3 nitrogen and oxygen atoms in total. The van der Waals surface area contributed by atoms with Crippen molar-refractivity contribution >= 4 is 29.5 Å². The van der Waals surface area contributed by atoms with E-state index >= 15 is 0 Å². The average molecular weight is 310 g/mol. The van der Waals surface area contributed by atoms with Gasteiger partial charge in [-0.2, -0.15) is 0 Å². The first-order valence-corrected chi connectivity index (χ1v) is 7.41. The summed E-state index contributed by atoms with van der Waals surface area (Å²) in [7, 11) is 0. The Morgan fingerprint density at radius 1 is 1.45 bits per heavy atom. The van der Waals surface area contributed by atoms with Gasteiger partial charge in [-0.15, -0.1) is 11.3 Å². The van der Waals surface area contributed by atoms with Crippen molar-refractivity contribution in [3.63, 3.8) is 0 Å². The van der Waals surface area contributed by atoms with Gasteiger partial charge < -0.3 is 10.3 Å². The summed E-state index contributed by atoms with van der Waals surface area (Å²) in [6, 6.07) is 5.97. The quantitative estimate of drug-likeness (QED) is 0.846. The third-order valence-corrected chi connectivity index (χ3v) is 4.33. The smallest absolute Gasteiger partial charge is 0.225 e. The Hall–Kier alpha value is -1.53. The van der Waals surface area contributed by atoms with Crippen LogP contribution < -0.4 is 5.32 Å². The van der Waals surface area contributed by atoms with Gasteiger partial charge in [-0.1, -0.05) is 12.1 Å². The number of carbonyl (C=O) groups is 1. The molecular formula is C14H15FN2OS2. The minimum atomic E-state index is -0.282. The summed E-state index contributed by atoms with van der Waals surface area (Å²) in [5, 5.41) is 2.90. The third kappa shape index (κ3) is 3.74. The molecule has 1 heterocycles. The molecule has 0 radical (unpaired) electrons. The maximum Gasteiger partial charge on any atom is 0.225 e. The highest BCUT2D eigenvalue weighted by atomic mass is 32.1. The lowest BCUT2D eigenvalue weighted by atomic mass is 10.1. The molecule has 0 aliphatic heterocycles. The van der Waals surface area contributed by atoms with Crippen LogP contribution in [0.4, 0.5) is 4.39 Å². The number of H-pyrrole nitrogens is 1. The van der Waals surface area contributed by atoms with Crippen molar-refractivity contribution in [3.05, 3.63) is 50.2 Å². The first kappa shape index (κ1) is 14.9. The molecule has 0 saturated heterocycles. The van der Waals surface area contributed by atoms with E-state index in [-0.39, 0.29) is 17.8 Å². The van der Waals surface area contributed by atoms with E-state index in [0.29, 0.717) is 10.4 Å². The molecule has 1 amide bonds. The predicted molar refractivity (Wildman–Crippen MR) is 80.9 cm³/mol. The molecule has 1 aromatic carbocycles. The zero-order valence-corrected chi connectivity index (χ0v) is 12.8. The maximum atomic E-state index is 12.8. The van der Waals surface area contributed by atoms with Gasteiger partial charge in [0.1, 0.15) is 5.82 Å². The highest BCUT2D eigenvalue weighted by molar-refractivity contribution is 7.73. The van der Waals surface area contributed by atoms with Crippen molar-refractivity contribution in [1.29, 1.82) is 0 Å². The highest BCUT2D eigenvalue weighted by Gasteiger charge is 2.12. The van der Waals surface area contributed by atoms with Gasteiger partial charge in [0.2, 0.25) is 5.91 Å². The molecule has 2 N–H and O–H groups in total. The van der Waals surface area contributed by atoms with Crippen LogP contribution >= 0.6 is 23.6 Å². The summed E-state index contributed by atoms with van der Waals surface area (Å²) in [5.41, 5.74) is 1.81. The molecule has 2 rings (SSSR count). The van der Waals surface area contributed by atoms with Gasteiger partial charge in [-0.25, -0.2) is 4.39 Å². The topological polar surface area (TPSA) is 44.9 Å². The van der Waals surface area contributed by atoms with E-state index in [1.165, 1.54) is 23.5 Å². The third-order valence-electron chi connectivity index (χ3n) is 2.99. The number of hydrogen-bond donors (Lipinski definition) is 2. The fourth-order valence-electron chi connectivity index (χ4n) is 1.88. The van der Waals surface area contributed by atoms with Gasteiger partial charge in [0, 0.05) is 10.6 Å². The maximum absolute atomic E-state index is 12.8. The Morgan fingerprint density at radius 2 is 2.10 bits per heavy atom. The van der Waals surface area contributed by atoms with E-state index in [2.05, 4.69) is 10.3 Å². The van der Waals surface area contributed by atoms with Crippen LogP contribution in [0.3, 0.4) is 0 Å². The predicted octanol–water partition coefficient (Wildman–Crippen LogP) is 3.67. The second-order valence-corrected chi connectivity index (χ2v) is 6.35. The Labute approximate surface area is 125 Å². The van der Waals surface area contributed by atoms with Crippen LogP contribution in [-0.4, -0.2) is 10.9 Å². The first-order chi connectivity index (χ1) is 9.45. The lowest BCUT2D eigenvalue weighted by Crippen LogP contribution is -2.28. The van der Waals surface area contributed by atoms with E-state index in [1.807, 2.05) is 13.8 Å². The fraction of sp³-hybridized carbons (Fsp3) is 0.286. The Bertz CT molecular complexity index is 661. The molecule has 2 aromatic rings. The number of halogens is 1. The molecule has 0 saturated carbocycles. The average Bonchev–Trinajstić information content (AvgIpc) is 2.68. The lowest BCUT2D eigenvalue weighted by Gasteiger charge is -2.14. The van der Waals surface area contributed by atoms with Crippen LogP contribution in [0.25, 0.3) is 0 Å². The van der Waals surface area contributed by atoms with Crippen molar-refractivity contribution in [1.82, 2.24) is 10.3 Å². The van der Waals surface area contributed by atoms with Gasteiger partial charge in [0.15, 0.2) is 3.95 Å². The molecule has 1 atom stereocenters. The van der Waals surface area contributed by atoms with E-state index in [1.54, 1.807) is 12.1 Å². The summed E-state index contributed by atoms with van der Waals surface area (Å²) in [6.07, 6.45) is 0.301. The van der Waals surface area contributed by atoms with Crippen molar-refractivity contribution in [2.45, 2.75) is 26.3 Å². The van der Waals surface area contributed by atoms with Crippen LogP contribution in [0, 0.1) is 16.7 Å². The Morgan fingerprint density at radius 3 is 2.65 bits per heavy atom. The van der Waals surface area contributed by atoms with Crippen LogP contribution in [0.1, 0.15) is 29.1 Å². The molecule has 106 valence electrons. The van der Waals surface area contributed by atoms with Gasteiger partial charge in [0.25, 0.3) is 0 Å². The first-order valence-electron chi connectivity index (χ1n) is 6.19. The number of carbonyl (C=O) groups excluding carboxylic acids is 1. The van der Waals surface area contributed by atoms with E-state index in [0.717, 1.165) is 16.1 Å². The van der Waals surface area contributed by atoms with Crippen molar-refractivity contribution in [2.75, 3.05) is 0 Å².